The second-order valence-electron chi connectivity index (χ2n) is 3.86. The molecule has 5 nitrogen and oxygen atoms in total. The van der Waals surface area contributed by atoms with Crippen LogP contribution in [0.3, 0.4) is 0 Å². The molecule has 2 aromatic rings. The van der Waals surface area contributed by atoms with Gasteiger partial charge >= 0.3 is 0 Å². The summed E-state index contributed by atoms with van der Waals surface area (Å²) >= 11 is 11.2. The fourth-order valence-corrected chi connectivity index (χ4v) is 2.79. The number of benzene rings is 1. The molecule has 9 heteroatoms. The quantitative estimate of drug-likeness (QED) is 0.691. The van der Waals surface area contributed by atoms with Crippen molar-refractivity contribution in [3.8, 4) is 0 Å². The lowest BCUT2D eigenvalue weighted by Crippen LogP contribution is -2.14. The average molecular weight is 336 g/mol. The van der Waals surface area contributed by atoms with Crippen LogP contribution in [0.4, 0.5) is 10.2 Å². The molecule has 2 rings (SSSR count). The molecule has 0 aliphatic rings. The van der Waals surface area contributed by atoms with Gasteiger partial charge in [0.15, 0.2) is 0 Å². The summed E-state index contributed by atoms with van der Waals surface area (Å²) in [4.78, 5) is 7.03. The summed E-state index contributed by atoms with van der Waals surface area (Å²) in [5.74, 6) is -0.720. The van der Waals surface area contributed by atoms with Crippen molar-refractivity contribution >= 4 is 39.0 Å². The Balaban J connectivity index is 2.37. The maximum absolute atomic E-state index is 13.4. The molecule has 1 aromatic carbocycles. The second kappa shape index (κ2) is 5.51. The average Bonchev–Trinajstić information content (AvgIpc) is 2.30. The molecule has 0 aliphatic carbocycles. The van der Waals surface area contributed by atoms with E-state index >= 15 is 0 Å². The molecule has 0 atom stereocenters. The number of halogens is 3. The molecule has 1 heterocycles. The number of nitrogens with one attached hydrogen (secondary N) is 1. The lowest BCUT2D eigenvalue weighted by atomic mass is 10.2. The van der Waals surface area contributed by atoms with Gasteiger partial charge in [-0.05, 0) is 36.2 Å². The van der Waals surface area contributed by atoms with E-state index in [1.54, 1.807) is 0 Å². The van der Waals surface area contributed by atoms with E-state index in [2.05, 4.69) is 14.7 Å². The molecule has 20 heavy (non-hydrogen) atoms. The monoisotopic (exact) mass is 335 g/mol. The zero-order chi connectivity index (χ0) is 14.9. The van der Waals surface area contributed by atoms with Crippen LogP contribution in [0, 0.1) is 12.7 Å². The molecule has 0 radical (unpaired) electrons. The van der Waals surface area contributed by atoms with Gasteiger partial charge in [-0.2, -0.15) is 4.98 Å². The Morgan fingerprint density at radius 2 is 1.90 bits per heavy atom. The van der Waals surface area contributed by atoms with Gasteiger partial charge in [0, 0.05) is 6.07 Å². The van der Waals surface area contributed by atoms with Gasteiger partial charge in [-0.1, -0.05) is 17.7 Å². The summed E-state index contributed by atoms with van der Waals surface area (Å²) in [6.07, 6.45) is 0. The maximum atomic E-state index is 13.4. The smallest absolute Gasteiger partial charge is 0.263 e. The van der Waals surface area contributed by atoms with Crippen LogP contribution in [0.25, 0.3) is 0 Å². The van der Waals surface area contributed by atoms with Crippen molar-refractivity contribution in [3.63, 3.8) is 0 Å². The van der Waals surface area contributed by atoms with Crippen LogP contribution in [0.2, 0.25) is 10.4 Å². The summed E-state index contributed by atoms with van der Waals surface area (Å²) in [6, 6.07) is 4.76. The van der Waals surface area contributed by atoms with E-state index in [0.717, 1.165) is 6.07 Å². The molecule has 0 aliphatic heterocycles. The highest BCUT2D eigenvalue weighted by Crippen LogP contribution is 2.20. The molecule has 0 amide bonds. The normalized spacial score (nSPS) is 11.4. The van der Waals surface area contributed by atoms with Gasteiger partial charge in [0.25, 0.3) is 10.0 Å². The van der Waals surface area contributed by atoms with Crippen molar-refractivity contribution in [1.82, 2.24) is 9.97 Å². The highest BCUT2D eigenvalue weighted by molar-refractivity contribution is 7.92. The van der Waals surface area contributed by atoms with Crippen LogP contribution in [0.1, 0.15) is 5.56 Å². The second-order valence-corrected chi connectivity index (χ2v) is 6.27. The number of aromatic nitrogens is 2. The van der Waals surface area contributed by atoms with E-state index in [1.807, 2.05) is 0 Å². The number of anilines is 1. The minimum absolute atomic E-state index is 0.0159. The van der Waals surface area contributed by atoms with Crippen molar-refractivity contribution in [2.75, 3.05) is 4.72 Å². The third kappa shape index (κ3) is 3.36. The van der Waals surface area contributed by atoms with E-state index in [4.69, 9.17) is 23.2 Å². The van der Waals surface area contributed by atoms with Crippen LogP contribution < -0.4 is 4.72 Å². The first-order valence-corrected chi connectivity index (χ1v) is 7.51. The van der Waals surface area contributed by atoms with Gasteiger partial charge in [0.05, 0.1) is 4.90 Å². The van der Waals surface area contributed by atoms with Gasteiger partial charge in [0.2, 0.25) is 5.28 Å². The van der Waals surface area contributed by atoms with Gasteiger partial charge in [-0.25, -0.2) is 17.8 Å². The predicted molar refractivity (Wildman–Crippen MR) is 74.0 cm³/mol. The zero-order valence-electron chi connectivity index (χ0n) is 10.1. The molecule has 106 valence electrons. The lowest BCUT2D eigenvalue weighted by Gasteiger charge is -2.08. The fraction of sp³-hybridized carbons (Fsp3) is 0.0909. The number of sulfonamides is 1. The zero-order valence-corrected chi connectivity index (χ0v) is 12.4. The first kappa shape index (κ1) is 15.0. The summed E-state index contributed by atoms with van der Waals surface area (Å²) in [5.41, 5.74) is 0.345. The van der Waals surface area contributed by atoms with Crippen molar-refractivity contribution in [1.29, 1.82) is 0 Å². The van der Waals surface area contributed by atoms with Crippen LogP contribution in [-0.2, 0) is 10.0 Å². The number of rotatable bonds is 3. The fourth-order valence-electron chi connectivity index (χ4n) is 1.38. The lowest BCUT2D eigenvalue weighted by molar-refractivity contribution is 0.593. The summed E-state index contributed by atoms with van der Waals surface area (Å²) in [7, 11) is -3.98. The largest absolute Gasteiger partial charge is 0.263 e. The van der Waals surface area contributed by atoms with Crippen LogP contribution in [0.5, 0.6) is 0 Å². The minimum Gasteiger partial charge on any atom is -0.263 e. The Morgan fingerprint density at radius 1 is 1.20 bits per heavy atom. The van der Waals surface area contributed by atoms with E-state index in [1.165, 1.54) is 25.1 Å². The highest BCUT2D eigenvalue weighted by Gasteiger charge is 2.17. The molecule has 0 unspecified atom stereocenters. The van der Waals surface area contributed by atoms with Crippen LogP contribution in [-0.4, -0.2) is 18.4 Å². The minimum atomic E-state index is -3.98. The molecular weight excluding hydrogens is 328 g/mol. The molecule has 1 aromatic heterocycles. The topological polar surface area (TPSA) is 72.0 Å². The Bertz CT molecular complexity index is 748. The molecule has 0 saturated heterocycles. The molecule has 1 N–H and O–H groups in total. The van der Waals surface area contributed by atoms with Gasteiger partial charge < -0.3 is 0 Å². The molecule has 0 bridgehead atoms. The van der Waals surface area contributed by atoms with Crippen molar-refractivity contribution in [2.24, 2.45) is 0 Å². The summed E-state index contributed by atoms with van der Waals surface area (Å²) < 4.78 is 39.7. The van der Waals surface area contributed by atoms with Crippen molar-refractivity contribution < 1.29 is 12.8 Å². The maximum Gasteiger partial charge on any atom is 0.263 e. The number of aryl methyl sites for hydroxylation is 1. The van der Waals surface area contributed by atoms with Crippen molar-refractivity contribution in [2.45, 2.75) is 11.8 Å². The Kier molecular flexibility index (Phi) is 4.12. The van der Waals surface area contributed by atoms with Gasteiger partial charge in [-0.3, -0.25) is 4.72 Å². The Labute approximate surface area is 124 Å². The number of hydrogen-bond donors (Lipinski definition) is 1. The van der Waals surface area contributed by atoms with Crippen LogP contribution >= 0.6 is 23.2 Å². The SMILES string of the molecule is Cc1ccc(S(=O)(=O)Nc2cc(Cl)nc(Cl)n2)cc1F. The highest BCUT2D eigenvalue weighted by atomic mass is 35.5. The van der Waals surface area contributed by atoms with Gasteiger partial charge in [0.1, 0.15) is 16.8 Å². The Morgan fingerprint density at radius 3 is 2.50 bits per heavy atom. The molecule has 0 fully saturated rings. The summed E-state index contributed by atoms with van der Waals surface area (Å²) in [6.45, 7) is 1.53. The molecular formula is C11H8Cl2FN3O2S. The van der Waals surface area contributed by atoms with E-state index in [-0.39, 0.29) is 21.2 Å². The van der Waals surface area contributed by atoms with E-state index in [9.17, 15) is 12.8 Å². The predicted octanol–water partition coefficient (Wildman–Crippen LogP) is 3.03. The first-order chi connectivity index (χ1) is 9.28. The van der Waals surface area contributed by atoms with E-state index < -0.39 is 15.8 Å². The van der Waals surface area contributed by atoms with Crippen molar-refractivity contribution in [3.05, 3.63) is 46.1 Å². The standard InChI is InChI=1S/C11H8Cl2FN3O2S/c1-6-2-3-7(4-8(6)14)20(18,19)17-10-5-9(12)15-11(13)16-10/h2-5H,1H3,(H,15,16,17). The Hall–Kier alpha value is -1.44. The first-order valence-electron chi connectivity index (χ1n) is 5.27. The van der Waals surface area contributed by atoms with Gasteiger partial charge in [-0.15, -0.1) is 0 Å². The number of hydrogen-bond acceptors (Lipinski definition) is 4. The molecule has 0 saturated carbocycles. The third-order valence-corrected chi connectivity index (χ3v) is 4.08. The summed E-state index contributed by atoms with van der Waals surface area (Å²) in [5, 5.41) is -0.219. The number of nitrogens with zero attached hydrogens (tertiary/aromatic N) is 2. The van der Waals surface area contributed by atoms with Crippen LogP contribution in [0.15, 0.2) is 29.2 Å². The van der Waals surface area contributed by atoms with E-state index in [0.29, 0.717) is 5.56 Å². The molecule has 0 spiro atoms. The third-order valence-electron chi connectivity index (χ3n) is 2.36.